The van der Waals surface area contributed by atoms with Gasteiger partial charge in [0.2, 0.25) is 0 Å². The highest BCUT2D eigenvalue weighted by Gasteiger charge is 2.23. The molecular formula is C21H26N6O2. The van der Waals surface area contributed by atoms with Crippen molar-refractivity contribution in [2.45, 2.75) is 31.9 Å². The van der Waals surface area contributed by atoms with Gasteiger partial charge in [-0.3, -0.25) is 5.41 Å². The van der Waals surface area contributed by atoms with Crippen LogP contribution in [0.1, 0.15) is 37.5 Å². The Labute approximate surface area is 169 Å². The zero-order valence-corrected chi connectivity index (χ0v) is 16.3. The van der Waals surface area contributed by atoms with E-state index in [1.807, 2.05) is 28.9 Å². The van der Waals surface area contributed by atoms with Crippen LogP contribution in [0.5, 0.6) is 0 Å². The molecule has 2 aliphatic rings. The van der Waals surface area contributed by atoms with E-state index in [0.29, 0.717) is 18.5 Å². The van der Waals surface area contributed by atoms with E-state index in [1.165, 1.54) is 0 Å². The highest BCUT2D eigenvalue weighted by molar-refractivity contribution is 6.57. The number of aromatic nitrogens is 2. The maximum Gasteiger partial charge on any atom is 0.150 e. The van der Waals surface area contributed by atoms with Crippen LogP contribution in [0.3, 0.4) is 0 Å². The molecule has 8 nitrogen and oxygen atoms in total. The molecule has 0 bridgehead atoms. The molecule has 0 spiro atoms. The molecule has 2 aliphatic heterocycles. The van der Waals surface area contributed by atoms with Gasteiger partial charge in [0.15, 0.2) is 6.23 Å². The number of amidine groups is 1. The first-order chi connectivity index (χ1) is 14.2. The number of aliphatic hydroxyl groups excluding tert-OH is 1. The van der Waals surface area contributed by atoms with Crippen LogP contribution in [0.15, 0.2) is 41.7 Å². The van der Waals surface area contributed by atoms with Gasteiger partial charge in [-0.1, -0.05) is 12.1 Å². The Balaban J connectivity index is 1.67. The van der Waals surface area contributed by atoms with Crippen LogP contribution in [0.4, 0.5) is 5.69 Å². The van der Waals surface area contributed by atoms with Crippen LogP contribution in [0.25, 0.3) is 16.8 Å². The van der Waals surface area contributed by atoms with Crippen molar-refractivity contribution in [2.75, 3.05) is 19.8 Å². The number of nitrogens with one attached hydrogen (secondary N) is 2. The molecule has 0 aliphatic carbocycles. The second-order valence-electron chi connectivity index (χ2n) is 7.18. The van der Waals surface area contributed by atoms with E-state index in [1.54, 1.807) is 12.4 Å². The van der Waals surface area contributed by atoms with Crippen molar-refractivity contribution in [3.63, 3.8) is 0 Å². The third-order valence-corrected chi connectivity index (χ3v) is 5.17. The molecule has 29 heavy (non-hydrogen) atoms. The first-order valence-electron chi connectivity index (χ1n) is 9.97. The molecular weight excluding hydrogens is 368 g/mol. The number of ether oxygens (including phenoxy) is 1. The highest BCUT2D eigenvalue weighted by atomic mass is 16.5. The van der Waals surface area contributed by atoms with Gasteiger partial charge in [0.05, 0.1) is 11.4 Å². The molecule has 0 saturated carbocycles. The molecule has 152 valence electrons. The molecule has 2 aromatic rings. The number of aliphatic hydroxyl groups is 1. The molecule has 1 fully saturated rings. The third-order valence-electron chi connectivity index (χ3n) is 5.17. The lowest BCUT2D eigenvalue weighted by Gasteiger charge is -2.25. The van der Waals surface area contributed by atoms with Crippen LogP contribution in [-0.2, 0) is 4.74 Å². The summed E-state index contributed by atoms with van der Waals surface area (Å²) in [5.41, 5.74) is 10.4. The van der Waals surface area contributed by atoms with Crippen LogP contribution < -0.4 is 11.1 Å². The molecule has 1 aromatic carbocycles. The number of rotatable bonds is 6. The second kappa shape index (κ2) is 8.59. The Morgan fingerprint density at radius 3 is 3.03 bits per heavy atom. The quantitative estimate of drug-likeness (QED) is 0.561. The molecule has 1 aromatic heterocycles. The number of hydrogen-bond acceptors (Lipinski definition) is 7. The minimum atomic E-state index is -0.0438. The molecule has 1 unspecified atom stereocenters. The summed E-state index contributed by atoms with van der Waals surface area (Å²) in [5.74, 6) is 0.189. The van der Waals surface area contributed by atoms with Crippen molar-refractivity contribution in [1.82, 2.24) is 15.1 Å². The smallest absolute Gasteiger partial charge is 0.150 e. The zero-order chi connectivity index (χ0) is 20.2. The fraction of sp³-hybridized carbons (Fsp3) is 0.381. The van der Waals surface area contributed by atoms with Gasteiger partial charge in [-0.25, -0.2) is 9.67 Å². The summed E-state index contributed by atoms with van der Waals surface area (Å²) < 4.78 is 7.84. The van der Waals surface area contributed by atoms with Gasteiger partial charge < -0.3 is 20.9 Å². The lowest BCUT2D eigenvalue weighted by Crippen LogP contribution is -2.27. The minimum absolute atomic E-state index is 0.0438. The highest BCUT2D eigenvalue weighted by Crippen LogP contribution is 2.36. The van der Waals surface area contributed by atoms with Gasteiger partial charge in [0.25, 0.3) is 0 Å². The first kappa shape index (κ1) is 19.4. The topological polar surface area (TPSA) is 122 Å². The normalized spacial score (nSPS) is 20.4. The number of aliphatic imine (C=N–C) groups is 1. The third kappa shape index (κ3) is 3.94. The summed E-state index contributed by atoms with van der Waals surface area (Å²) in [6, 6.07) is 7.94. The van der Waals surface area contributed by atoms with Crippen molar-refractivity contribution < 1.29 is 9.84 Å². The van der Waals surface area contributed by atoms with Gasteiger partial charge in [-0.2, -0.15) is 5.10 Å². The summed E-state index contributed by atoms with van der Waals surface area (Å²) in [7, 11) is 0. The number of benzene rings is 1. The molecule has 1 saturated heterocycles. The Morgan fingerprint density at radius 2 is 2.24 bits per heavy atom. The standard InChI is InChI=1S/C21H26N6O2/c22-20-16(13-24-8-3-10-28)15-6-5-14(12-17(15)26-21(20)23)18-7-9-25-27(18)19-4-1-2-11-29-19/h5-7,9,12-13,19,22,24,28H,1-4,8,10-11H2,(H2,23,26)/b16-13-,22-20?. The van der Waals surface area contributed by atoms with Crippen LogP contribution in [0, 0.1) is 5.41 Å². The molecule has 8 heteroatoms. The predicted molar refractivity (Wildman–Crippen MR) is 113 cm³/mol. The van der Waals surface area contributed by atoms with Crippen LogP contribution in [0.2, 0.25) is 0 Å². The van der Waals surface area contributed by atoms with Gasteiger partial charge in [-0.15, -0.1) is 0 Å². The van der Waals surface area contributed by atoms with E-state index in [2.05, 4.69) is 15.4 Å². The molecule has 1 atom stereocenters. The lowest BCUT2D eigenvalue weighted by molar-refractivity contribution is -0.0383. The second-order valence-corrected chi connectivity index (χ2v) is 7.18. The average Bonchev–Trinajstić information content (AvgIpc) is 3.24. The van der Waals surface area contributed by atoms with Crippen LogP contribution >= 0.6 is 0 Å². The molecule has 5 N–H and O–H groups in total. The lowest BCUT2D eigenvalue weighted by atomic mass is 9.94. The molecule has 0 radical (unpaired) electrons. The number of fused-ring (bicyclic) bond motifs is 1. The van der Waals surface area contributed by atoms with Crippen molar-refractivity contribution in [3.05, 3.63) is 42.2 Å². The fourth-order valence-electron chi connectivity index (χ4n) is 3.66. The van der Waals surface area contributed by atoms with E-state index in [-0.39, 0.29) is 24.4 Å². The van der Waals surface area contributed by atoms with Crippen molar-refractivity contribution in [1.29, 1.82) is 5.41 Å². The summed E-state index contributed by atoms with van der Waals surface area (Å²) in [6.07, 6.45) is 7.34. The predicted octanol–water partition coefficient (Wildman–Crippen LogP) is 2.58. The monoisotopic (exact) mass is 394 g/mol. The zero-order valence-electron chi connectivity index (χ0n) is 16.3. The maximum absolute atomic E-state index is 8.93. The Morgan fingerprint density at radius 1 is 1.34 bits per heavy atom. The Hall–Kier alpha value is -2.97. The summed E-state index contributed by atoms with van der Waals surface area (Å²) in [5, 5.41) is 24.8. The fourth-order valence-corrected chi connectivity index (χ4v) is 3.66. The van der Waals surface area contributed by atoms with E-state index >= 15 is 0 Å². The van der Waals surface area contributed by atoms with Crippen molar-refractivity contribution in [3.8, 4) is 11.3 Å². The van der Waals surface area contributed by atoms with Gasteiger partial charge in [0, 0.05) is 48.9 Å². The molecule has 4 rings (SSSR count). The van der Waals surface area contributed by atoms with Crippen LogP contribution in [-0.4, -0.2) is 46.2 Å². The number of nitrogens with zero attached hydrogens (tertiary/aromatic N) is 3. The van der Waals surface area contributed by atoms with Crippen molar-refractivity contribution in [2.24, 2.45) is 10.7 Å². The van der Waals surface area contributed by atoms with Gasteiger partial charge >= 0.3 is 0 Å². The Kier molecular flexibility index (Phi) is 5.73. The Bertz CT molecular complexity index is 956. The SMILES string of the molecule is N=C1C(N)=Nc2cc(-c3ccnn3C3CCCCO3)ccc2/C1=C/NCCCO. The largest absolute Gasteiger partial charge is 0.396 e. The average molecular weight is 394 g/mol. The van der Waals surface area contributed by atoms with Gasteiger partial charge in [-0.05, 0) is 37.8 Å². The van der Waals surface area contributed by atoms with Crippen molar-refractivity contribution >= 4 is 22.8 Å². The number of nitrogens with two attached hydrogens (primary N) is 1. The molecule has 3 heterocycles. The summed E-state index contributed by atoms with van der Waals surface area (Å²) in [6.45, 7) is 1.50. The van der Waals surface area contributed by atoms with E-state index < -0.39 is 0 Å². The van der Waals surface area contributed by atoms with E-state index in [9.17, 15) is 0 Å². The van der Waals surface area contributed by atoms with Gasteiger partial charge in [0.1, 0.15) is 11.5 Å². The maximum atomic E-state index is 8.93. The minimum Gasteiger partial charge on any atom is -0.396 e. The first-order valence-corrected chi connectivity index (χ1v) is 9.97. The number of hydrogen-bond donors (Lipinski definition) is 4. The van der Waals surface area contributed by atoms with E-state index in [0.717, 1.165) is 48.4 Å². The van der Waals surface area contributed by atoms with E-state index in [4.69, 9.17) is 21.0 Å². The molecule has 0 amide bonds. The summed E-state index contributed by atoms with van der Waals surface area (Å²) in [4.78, 5) is 4.43. The summed E-state index contributed by atoms with van der Waals surface area (Å²) >= 11 is 0.